The summed E-state index contributed by atoms with van der Waals surface area (Å²) in [4.78, 5) is 12.6. The van der Waals surface area contributed by atoms with Gasteiger partial charge in [-0.2, -0.15) is 0 Å². The van der Waals surface area contributed by atoms with Crippen LogP contribution in [0.3, 0.4) is 0 Å². The maximum absolute atomic E-state index is 12.6. The molecule has 3 saturated heterocycles. The van der Waals surface area contributed by atoms with E-state index in [0.717, 1.165) is 5.57 Å². The smallest absolute Gasteiger partial charge is 0.306 e. The van der Waals surface area contributed by atoms with Crippen LogP contribution in [0.25, 0.3) is 0 Å². The van der Waals surface area contributed by atoms with Crippen LogP contribution < -0.4 is 0 Å². The number of allylic oxidation sites excluding steroid dienone is 1. The lowest BCUT2D eigenvalue weighted by atomic mass is 9.38. The van der Waals surface area contributed by atoms with Crippen LogP contribution in [0.1, 0.15) is 33.6 Å². The van der Waals surface area contributed by atoms with Gasteiger partial charge >= 0.3 is 5.97 Å². The van der Waals surface area contributed by atoms with Crippen molar-refractivity contribution in [3.8, 4) is 0 Å². The zero-order chi connectivity index (χ0) is 27.5. The minimum absolute atomic E-state index is 0.0637. The molecule has 3 aliphatic heterocycles. The van der Waals surface area contributed by atoms with Crippen LogP contribution in [0.5, 0.6) is 0 Å². The molecule has 214 valence electrons. The Hall–Kier alpha value is -1.19. The normalized spacial score (nSPS) is 59.5. The Kier molecular flexibility index (Phi) is 6.15. The third-order valence-corrected chi connectivity index (χ3v) is 10.9. The summed E-state index contributed by atoms with van der Waals surface area (Å²) in [6.45, 7) is 4.89. The fraction of sp³-hybridized carbons (Fsp3) is 0.885. The second-order valence-electron chi connectivity index (χ2n) is 12.5. The fourth-order valence-electron chi connectivity index (χ4n) is 9.13. The Morgan fingerprint density at radius 2 is 1.82 bits per heavy atom. The molecule has 2 bridgehead atoms. The van der Waals surface area contributed by atoms with E-state index < -0.39 is 90.2 Å². The lowest BCUT2D eigenvalue weighted by Gasteiger charge is -2.68. The highest BCUT2D eigenvalue weighted by Gasteiger charge is 2.81. The van der Waals surface area contributed by atoms with Crippen LogP contribution in [-0.2, 0) is 23.7 Å². The van der Waals surface area contributed by atoms with E-state index in [2.05, 4.69) is 0 Å². The quantitative estimate of drug-likeness (QED) is 0.150. The second kappa shape index (κ2) is 8.65. The van der Waals surface area contributed by atoms with E-state index in [1.54, 1.807) is 13.0 Å². The summed E-state index contributed by atoms with van der Waals surface area (Å²) < 4.78 is 23.4. The lowest BCUT2D eigenvalue weighted by Crippen LogP contribution is -2.76. The van der Waals surface area contributed by atoms with Gasteiger partial charge in [0.2, 0.25) is 0 Å². The number of fused-ring (bicyclic) bond motifs is 1. The molecule has 1 spiro atoms. The van der Waals surface area contributed by atoms with Crippen molar-refractivity contribution in [2.75, 3.05) is 13.2 Å². The highest BCUT2D eigenvalue weighted by molar-refractivity contribution is 5.71. The number of carbonyl (C=O) groups is 1. The average Bonchev–Trinajstić information content (AvgIpc) is 3.18. The van der Waals surface area contributed by atoms with Crippen molar-refractivity contribution >= 4 is 5.97 Å². The van der Waals surface area contributed by atoms with Crippen LogP contribution in [0.2, 0.25) is 0 Å². The first-order chi connectivity index (χ1) is 17.8. The van der Waals surface area contributed by atoms with Gasteiger partial charge in [0.15, 0.2) is 12.1 Å². The molecule has 12 nitrogen and oxygen atoms in total. The van der Waals surface area contributed by atoms with Gasteiger partial charge in [-0.3, -0.25) is 4.79 Å². The SMILES string of the molecule is CC1=CC(OC2OC(CO)C(O)C(O)C2O)C(O)C2(C)C1CC1OC(=O)CC3C(C)C(O)C4(O)OCC13C42. The molecule has 7 N–H and O–H groups in total. The predicted molar refractivity (Wildman–Crippen MR) is 125 cm³/mol. The zero-order valence-electron chi connectivity index (χ0n) is 21.6. The van der Waals surface area contributed by atoms with E-state index in [1.807, 2.05) is 13.8 Å². The largest absolute Gasteiger partial charge is 0.462 e. The summed E-state index contributed by atoms with van der Waals surface area (Å²) in [5.74, 6) is -4.33. The monoisotopic (exact) mass is 542 g/mol. The van der Waals surface area contributed by atoms with E-state index in [1.165, 1.54) is 0 Å². The average molecular weight is 543 g/mol. The molecule has 6 aliphatic rings. The Morgan fingerprint density at radius 3 is 2.50 bits per heavy atom. The summed E-state index contributed by atoms with van der Waals surface area (Å²) in [7, 11) is 0. The van der Waals surface area contributed by atoms with Crippen molar-refractivity contribution in [3.05, 3.63) is 11.6 Å². The highest BCUT2D eigenvalue weighted by Crippen LogP contribution is 2.73. The van der Waals surface area contributed by atoms with Gasteiger partial charge in [0.05, 0.1) is 19.3 Å². The zero-order valence-corrected chi connectivity index (χ0v) is 21.6. The van der Waals surface area contributed by atoms with Crippen LogP contribution in [-0.4, -0.2) is 116 Å². The van der Waals surface area contributed by atoms with Crippen LogP contribution in [0.15, 0.2) is 11.6 Å². The first-order valence-corrected chi connectivity index (χ1v) is 13.4. The molecule has 3 heterocycles. The van der Waals surface area contributed by atoms with Crippen molar-refractivity contribution in [3.63, 3.8) is 0 Å². The summed E-state index contributed by atoms with van der Waals surface area (Å²) in [6, 6.07) is 0. The molecule has 12 heteroatoms. The molecular weight excluding hydrogens is 504 g/mol. The van der Waals surface area contributed by atoms with E-state index in [9.17, 15) is 40.5 Å². The topological polar surface area (TPSA) is 196 Å². The maximum Gasteiger partial charge on any atom is 0.306 e. The summed E-state index contributed by atoms with van der Waals surface area (Å²) in [5, 5.41) is 75.6. The number of ether oxygens (including phenoxy) is 4. The molecule has 16 atom stereocenters. The standard InChI is InChI=1S/C26H38O12/c1-9-4-13(36-22-19(31)18(30)17(29)14(7-27)37-22)21(33)24(3)11(9)5-15-25-8-35-26(34,23(24)25)20(32)10(2)12(25)6-16(28)38-15/h4,10-15,17-23,27,29-34H,5-8H2,1-3H3. The summed E-state index contributed by atoms with van der Waals surface area (Å²) in [5.41, 5.74) is -1.17. The Morgan fingerprint density at radius 1 is 1.11 bits per heavy atom. The minimum Gasteiger partial charge on any atom is -0.462 e. The van der Waals surface area contributed by atoms with E-state index >= 15 is 0 Å². The van der Waals surface area contributed by atoms with Crippen molar-refractivity contribution in [2.45, 2.75) is 94.5 Å². The third-order valence-electron chi connectivity index (χ3n) is 10.9. The Balaban J connectivity index is 1.40. The maximum atomic E-state index is 12.6. The number of aliphatic hydroxyl groups is 7. The van der Waals surface area contributed by atoms with Crippen molar-refractivity contribution < 1.29 is 59.5 Å². The third kappa shape index (κ3) is 3.18. The van der Waals surface area contributed by atoms with Gasteiger partial charge in [-0.1, -0.05) is 25.5 Å². The van der Waals surface area contributed by atoms with Gasteiger partial charge < -0.3 is 54.7 Å². The number of hydrogen-bond acceptors (Lipinski definition) is 12. The highest BCUT2D eigenvalue weighted by atomic mass is 16.7. The molecule has 0 amide bonds. The predicted octanol–water partition coefficient (Wildman–Crippen LogP) is -2.22. The molecular formula is C26H38O12. The van der Waals surface area contributed by atoms with Crippen LogP contribution in [0, 0.1) is 34.5 Å². The molecule has 16 unspecified atom stereocenters. The Labute approximate surface area is 219 Å². The van der Waals surface area contributed by atoms with Gasteiger partial charge in [0.1, 0.15) is 42.7 Å². The van der Waals surface area contributed by atoms with Gasteiger partial charge in [-0.25, -0.2) is 0 Å². The second-order valence-corrected chi connectivity index (χ2v) is 12.5. The van der Waals surface area contributed by atoms with Crippen molar-refractivity contribution in [2.24, 2.45) is 34.5 Å². The molecule has 38 heavy (non-hydrogen) atoms. The van der Waals surface area contributed by atoms with Gasteiger partial charge in [-0.05, 0) is 31.1 Å². The van der Waals surface area contributed by atoms with Gasteiger partial charge in [0.25, 0.3) is 0 Å². The molecule has 0 radical (unpaired) electrons. The number of esters is 1. The first kappa shape index (κ1) is 27.0. The number of rotatable bonds is 3. The fourth-order valence-corrected chi connectivity index (χ4v) is 9.13. The molecule has 3 aliphatic carbocycles. The number of hydrogen-bond donors (Lipinski definition) is 7. The van der Waals surface area contributed by atoms with E-state index in [-0.39, 0.29) is 30.8 Å². The van der Waals surface area contributed by atoms with E-state index in [0.29, 0.717) is 6.42 Å². The first-order valence-electron chi connectivity index (χ1n) is 13.4. The molecule has 0 aromatic carbocycles. The number of carbonyl (C=O) groups excluding carboxylic acids is 1. The van der Waals surface area contributed by atoms with Crippen LogP contribution >= 0.6 is 0 Å². The minimum atomic E-state index is -2.00. The summed E-state index contributed by atoms with van der Waals surface area (Å²) in [6.07, 6.45) is -9.62. The molecule has 0 aromatic rings. The number of aliphatic hydroxyl groups excluding tert-OH is 6. The summed E-state index contributed by atoms with van der Waals surface area (Å²) >= 11 is 0. The van der Waals surface area contributed by atoms with E-state index in [4.69, 9.17) is 18.9 Å². The van der Waals surface area contributed by atoms with Gasteiger partial charge in [0, 0.05) is 23.2 Å². The van der Waals surface area contributed by atoms with Crippen LogP contribution in [0.4, 0.5) is 0 Å². The molecule has 5 fully saturated rings. The molecule has 2 saturated carbocycles. The lowest BCUT2D eigenvalue weighted by molar-refractivity contribution is -0.348. The van der Waals surface area contributed by atoms with Crippen molar-refractivity contribution in [1.82, 2.24) is 0 Å². The molecule has 6 rings (SSSR count). The van der Waals surface area contributed by atoms with Crippen molar-refractivity contribution in [1.29, 1.82) is 0 Å². The Bertz CT molecular complexity index is 1020. The van der Waals surface area contributed by atoms with Gasteiger partial charge in [-0.15, -0.1) is 0 Å². The molecule has 0 aromatic heterocycles.